The van der Waals surface area contributed by atoms with E-state index < -0.39 is 0 Å². The van der Waals surface area contributed by atoms with Crippen LogP contribution in [0.1, 0.15) is 5.69 Å². The first-order valence-corrected chi connectivity index (χ1v) is 11.1. The summed E-state index contributed by atoms with van der Waals surface area (Å²) in [4.78, 5) is 13.1. The number of nitrogens with zero attached hydrogens (tertiary/aromatic N) is 3. The van der Waals surface area contributed by atoms with E-state index in [-0.39, 0.29) is 20.1 Å². The van der Waals surface area contributed by atoms with Gasteiger partial charge in [0.1, 0.15) is 0 Å². The Bertz CT molecular complexity index is 1440. The van der Waals surface area contributed by atoms with Crippen molar-refractivity contribution in [1.82, 2.24) is 15.0 Å². The van der Waals surface area contributed by atoms with Gasteiger partial charge in [0.2, 0.25) is 0 Å². The summed E-state index contributed by atoms with van der Waals surface area (Å²) in [5.41, 5.74) is 4.89. The molecular formula is C28H19IrN3S-2. The number of benzene rings is 2. The number of rotatable bonds is 2. The summed E-state index contributed by atoms with van der Waals surface area (Å²) >= 11 is 1.80. The molecule has 4 heterocycles. The van der Waals surface area contributed by atoms with E-state index in [1.165, 1.54) is 20.2 Å². The quantitative estimate of drug-likeness (QED) is 0.193. The number of pyridine rings is 3. The van der Waals surface area contributed by atoms with Gasteiger partial charge in [0.25, 0.3) is 0 Å². The molecule has 0 aliphatic heterocycles. The summed E-state index contributed by atoms with van der Waals surface area (Å²) in [6.07, 6.45) is 5.51. The minimum atomic E-state index is 0. The molecule has 0 N–H and O–H groups in total. The van der Waals surface area contributed by atoms with Crippen LogP contribution >= 0.6 is 11.3 Å². The van der Waals surface area contributed by atoms with Crippen molar-refractivity contribution in [2.45, 2.75) is 6.92 Å². The third-order valence-corrected chi connectivity index (χ3v) is 6.23. The second-order valence-electron chi connectivity index (χ2n) is 7.20. The Morgan fingerprint density at radius 3 is 2.33 bits per heavy atom. The van der Waals surface area contributed by atoms with Crippen LogP contribution in [0.15, 0.2) is 97.5 Å². The van der Waals surface area contributed by atoms with Crippen LogP contribution in [0, 0.1) is 19.1 Å². The predicted octanol–water partition coefficient (Wildman–Crippen LogP) is 7.17. The molecule has 6 aromatic rings. The van der Waals surface area contributed by atoms with Crippen molar-refractivity contribution in [3.05, 3.63) is 115 Å². The summed E-state index contributed by atoms with van der Waals surface area (Å²) in [6, 6.07) is 32.5. The van der Waals surface area contributed by atoms with Gasteiger partial charge in [-0.25, -0.2) is 0 Å². The Balaban J connectivity index is 0.000000172. The fourth-order valence-electron chi connectivity index (χ4n) is 3.53. The van der Waals surface area contributed by atoms with E-state index >= 15 is 0 Å². The van der Waals surface area contributed by atoms with Gasteiger partial charge in [-0.05, 0) is 29.2 Å². The van der Waals surface area contributed by atoms with Crippen LogP contribution in [0.2, 0.25) is 0 Å². The molecule has 0 aliphatic carbocycles. The molecule has 0 fully saturated rings. The number of hydrogen-bond donors (Lipinski definition) is 0. The van der Waals surface area contributed by atoms with E-state index in [4.69, 9.17) is 0 Å². The summed E-state index contributed by atoms with van der Waals surface area (Å²) < 4.78 is 2.56. The van der Waals surface area contributed by atoms with Crippen LogP contribution in [-0.2, 0) is 20.1 Å². The molecule has 0 aliphatic rings. The number of hydrogen-bond acceptors (Lipinski definition) is 4. The van der Waals surface area contributed by atoms with E-state index in [0.29, 0.717) is 0 Å². The van der Waals surface area contributed by atoms with Crippen molar-refractivity contribution in [1.29, 1.82) is 0 Å². The van der Waals surface area contributed by atoms with Crippen molar-refractivity contribution in [2.24, 2.45) is 0 Å². The zero-order chi connectivity index (χ0) is 21.8. The summed E-state index contributed by atoms with van der Waals surface area (Å²) in [7, 11) is 0. The van der Waals surface area contributed by atoms with E-state index in [2.05, 4.69) is 57.4 Å². The molecule has 0 atom stereocenters. The van der Waals surface area contributed by atoms with Crippen molar-refractivity contribution in [3.63, 3.8) is 0 Å². The molecule has 6 rings (SSSR count). The van der Waals surface area contributed by atoms with Gasteiger partial charge in [-0.15, -0.1) is 64.9 Å². The maximum Gasteiger partial charge on any atom is 0.0355 e. The largest absolute Gasteiger partial charge is 0.357 e. The van der Waals surface area contributed by atoms with Crippen molar-refractivity contribution in [2.75, 3.05) is 0 Å². The molecule has 163 valence electrons. The monoisotopic (exact) mass is 622 g/mol. The molecular weight excluding hydrogens is 603 g/mol. The second-order valence-corrected chi connectivity index (χ2v) is 8.29. The third-order valence-electron chi connectivity index (χ3n) is 5.10. The number of aromatic nitrogens is 3. The van der Waals surface area contributed by atoms with Gasteiger partial charge in [0.05, 0.1) is 0 Å². The summed E-state index contributed by atoms with van der Waals surface area (Å²) in [5.74, 6) is 0. The normalized spacial score (nSPS) is 10.3. The second kappa shape index (κ2) is 10.6. The molecule has 5 heteroatoms. The Hall–Kier alpha value is -3.24. The smallest absolute Gasteiger partial charge is 0.0355 e. The maximum absolute atomic E-state index is 4.60. The molecule has 0 spiro atoms. The van der Waals surface area contributed by atoms with E-state index in [1.54, 1.807) is 23.7 Å². The SMILES string of the molecule is Cc1ncc[c-]c1-c1cc2sc3ccccc3c2cn1.[Ir].[c-]1ccccc1-c1ccccn1. The van der Waals surface area contributed by atoms with Gasteiger partial charge in [0.15, 0.2) is 0 Å². The maximum atomic E-state index is 4.60. The molecule has 4 aromatic heterocycles. The fraction of sp³-hybridized carbons (Fsp3) is 0.0357. The predicted molar refractivity (Wildman–Crippen MR) is 132 cm³/mol. The summed E-state index contributed by atoms with van der Waals surface area (Å²) in [6.45, 7) is 1.99. The van der Waals surface area contributed by atoms with Crippen molar-refractivity contribution in [3.8, 4) is 22.5 Å². The van der Waals surface area contributed by atoms with Gasteiger partial charge in [-0.1, -0.05) is 49.5 Å². The average molecular weight is 622 g/mol. The first-order chi connectivity index (χ1) is 15.8. The molecule has 2 aromatic carbocycles. The van der Waals surface area contributed by atoms with Crippen LogP contribution in [0.3, 0.4) is 0 Å². The van der Waals surface area contributed by atoms with Crippen LogP contribution in [0.5, 0.6) is 0 Å². The molecule has 0 saturated heterocycles. The van der Waals surface area contributed by atoms with Crippen LogP contribution in [0.25, 0.3) is 42.7 Å². The van der Waals surface area contributed by atoms with Gasteiger partial charge >= 0.3 is 0 Å². The Labute approximate surface area is 210 Å². The molecule has 1 radical (unpaired) electrons. The van der Waals surface area contributed by atoms with Crippen LogP contribution < -0.4 is 0 Å². The topological polar surface area (TPSA) is 38.7 Å². The molecule has 0 saturated carbocycles. The van der Waals surface area contributed by atoms with Crippen molar-refractivity contribution >= 4 is 31.5 Å². The first kappa shape index (κ1) is 22.9. The number of thiophene rings is 1. The average Bonchev–Trinajstić information content (AvgIpc) is 3.24. The third kappa shape index (κ3) is 5.07. The van der Waals surface area contributed by atoms with E-state index in [1.807, 2.05) is 61.7 Å². The molecule has 33 heavy (non-hydrogen) atoms. The van der Waals surface area contributed by atoms with Crippen molar-refractivity contribution < 1.29 is 20.1 Å². The van der Waals surface area contributed by atoms with Crippen LogP contribution in [0.4, 0.5) is 0 Å². The summed E-state index contributed by atoms with van der Waals surface area (Å²) in [5, 5.41) is 2.49. The van der Waals surface area contributed by atoms with E-state index in [0.717, 1.165) is 28.2 Å². The molecule has 3 nitrogen and oxygen atoms in total. The first-order valence-electron chi connectivity index (χ1n) is 10.3. The standard InChI is InChI=1S/C17H11N2S.C11H8N.Ir/c1-11-12(6-4-8-18-11)15-9-17-14(10-19-15)13-5-2-3-7-16(13)20-17;1-2-6-10(7-3-1)11-8-4-5-9-12-11;/h2-5,7-10H,1H3;1-6,8-9H;/q2*-1;. The number of aryl methyl sites for hydroxylation is 1. The minimum absolute atomic E-state index is 0. The zero-order valence-electron chi connectivity index (χ0n) is 17.8. The van der Waals surface area contributed by atoms with Gasteiger partial charge in [0, 0.05) is 52.7 Å². The minimum Gasteiger partial charge on any atom is -0.357 e. The fourth-order valence-corrected chi connectivity index (χ4v) is 4.64. The Kier molecular flexibility index (Phi) is 7.36. The molecule has 0 unspecified atom stereocenters. The van der Waals surface area contributed by atoms with Gasteiger partial charge in [-0.2, -0.15) is 0 Å². The van der Waals surface area contributed by atoms with Crippen LogP contribution in [-0.4, -0.2) is 15.0 Å². The van der Waals surface area contributed by atoms with E-state index in [9.17, 15) is 0 Å². The van der Waals surface area contributed by atoms with Gasteiger partial charge < -0.3 is 15.0 Å². The number of fused-ring (bicyclic) bond motifs is 3. The van der Waals surface area contributed by atoms with Gasteiger partial charge in [-0.3, -0.25) is 0 Å². The zero-order valence-corrected chi connectivity index (χ0v) is 21.0. The Morgan fingerprint density at radius 1 is 0.697 bits per heavy atom. The Morgan fingerprint density at radius 2 is 1.55 bits per heavy atom. The molecule has 0 amide bonds. The molecule has 0 bridgehead atoms.